The summed E-state index contributed by atoms with van der Waals surface area (Å²) in [6, 6.07) is 1.09. The maximum atomic E-state index is 11.0. The smallest absolute Gasteiger partial charge is 0.348 e. The van der Waals surface area contributed by atoms with Gasteiger partial charge in [-0.3, -0.25) is 10.2 Å². The van der Waals surface area contributed by atoms with Crippen molar-refractivity contribution in [2.75, 3.05) is 12.5 Å². The molecular formula is C6H7N3O3S. The fourth-order valence-electron chi connectivity index (χ4n) is 0.664. The maximum Gasteiger partial charge on any atom is 0.348 e. The Bertz CT molecular complexity index is 376. The van der Waals surface area contributed by atoms with E-state index >= 15 is 0 Å². The van der Waals surface area contributed by atoms with Crippen molar-refractivity contribution in [3.8, 4) is 0 Å². The minimum Gasteiger partial charge on any atom is -0.465 e. The number of carbonyl (C=O) groups is 1. The van der Waals surface area contributed by atoms with Crippen LogP contribution in [0.1, 0.15) is 9.67 Å². The van der Waals surface area contributed by atoms with Crippen LogP contribution in [-0.4, -0.2) is 18.1 Å². The number of aromatic nitrogens is 1. The molecule has 1 rings (SSSR count). The van der Waals surface area contributed by atoms with Gasteiger partial charge in [0.1, 0.15) is 4.88 Å². The van der Waals surface area contributed by atoms with Gasteiger partial charge in [0.05, 0.1) is 7.11 Å². The zero-order chi connectivity index (χ0) is 9.84. The monoisotopic (exact) mass is 201 g/mol. The molecule has 0 atom stereocenters. The van der Waals surface area contributed by atoms with Gasteiger partial charge in [-0.05, 0) is 0 Å². The molecule has 1 aromatic rings. The van der Waals surface area contributed by atoms with E-state index < -0.39 is 11.5 Å². The van der Waals surface area contributed by atoms with Gasteiger partial charge in [0.15, 0.2) is 0 Å². The van der Waals surface area contributed by atoms with Gasteiger partial charge >= 0.3 is 5.97 Å². The minimum absolute atomic E-state index is 0.162. The number of hydrazine groups is 1. The van der Waals surface area contributed by atoms with Crippen LogP contribution in [0.5, 0.6) is 0 Å². The van der Waals surface area contributed by atoms with Crippen molar-refractivity contribution in [3.63, 3.8) is 0 Å². The maximum absolute atomic E-state index is 11.0. The van der Waals surface area contributed by atoms with Crippen molar-refractivity contribution < 1.29 is 9.53 Å². The lowest BCUT2D eigenvalue weighted by Gasteiger charge is -1.99. The molecule has 0 amide bonds. The van der Waals surface area contributed by atoms with Crippen molar-refractivity contribution in [1.29, 1.82) is 0 Å². The molecule has 13 heavy (non-hydrogen) atoms. The van der Waals surface area contributed by atoms with Crippen molar-refractivity contribution in [2.24, 2.45) is 5.84 Å². The summed E-state index contributed by atoms with van der Waals surface area (Å²) in [5.74, 6) is 4.45. The molecule has 0 spiro atoms. The number of esters is 1. The molecule has 0 fully saturated rings. The molecule has 6 nitrogen and oxygen atoms in total. The Morgan fingerprint density at radius 2 is 2.46 bits per heavy atom. The Labute approximate surface area is 77.3 Å². The Kier molecular flexibility index (Phi) is 2.93. The van der Waals surface area contributed by atoms with E-state index in [4.69, 9.17) is 5.84 Å². The van der Waals surface area contributed by atoms with E-state index in [-0.39, 0.29) is 10.0 Å². The molecule has 0 aliphatic rings. The van der Waals surface area contributed by atoms with Crippen LogP contribution in [0.3, 0.4) is 0 Å². The molecule has 0 bridgehead atoms. The number of ether oxygens (including phenoxy) is 1. The molecule has 3 N–H and O–H groups in total. The highest BCUT2D eigenvalue weighted by Gasteiger charge is 2.09. The molecule has 0 saturated heterocycles. The predicted octanol–water partition coefficient (Wildman–Crippen LogP) is -0.425. The van der Waals surface area contributed by atoms with Gasteiger partial charge in [0, 0.05) is 6.07 Å². The van der Waals surface area contributed by atoms with Crippen LogP contribution >= 0.6 is 11.3 Å². The number of rotatable bonds is 2. The largest absolute Gasteiger partial charge is 0.465 e. The number of hydrogen-bond donors (Lipinski definition) is 2. The Morgan fingerprint density at radius 1 is 1.77 bits per heavy atom. The summed E-state index contributed by atoms with van der Waals surface area (Å²) < 4.78 is 4.43. The van der Waals surface area contributed by atoms with Crippen molar-refractivity contribution >= 4 is 22.4 Å². The van der Waals surface area contributed by atoms with E-state index in [2.05, 4.69) is 15.1 Å². The fourth-order valence-corrected chi connectivity index (χ4v) is 1.39. The molecule has 0 saturated carbocycles. The van der Waals surface area contributed by atoms with Crippen LogP contribution in [-0.2, 0) is 4.74 Å². The molecular weight excluding hydrogens is 194 g/mol. The van der Waals surface area contributed by atoms with E-state index in [1.807, 2.05) is 0 Å². The summed E-state index contributed by atoms with van der Waals surface area (Å²) in [7, 11) is 1.23. The second-order valence-corrected chi connectivity index (χ2v) is 3.03. The summed E-state index contributed by atoms with van der Waals surface area (Å²) in [4.78, 5) is 25.5. The van der Waals surface area contributed by atoms with E-state index in [1.165, 1.54) is 7.11 Å². The molecule has 1 heterocycles. The number of carbonyl (C=O) groups excluding carboxylic acids is 1. The highest BCUT2D eigenvalue weighted by molar-refractivity contribution is 7.17. The second-order valence-electron chi connectivity index (χ2n) is 2.00. The normalized spacial score (nSPS) is 9.38. The summed E-state index contributed by atoms with van der Waals surface area (Å²) in [6.07, 6.45) is 0. The SMILES string of the molecule is COC(=O)c1cc(=O)nc(NN)s1. The third kappa shape index (κ3) is 2.23. The fraction of sp³-hybridized carbons (Fsp3) is 0.167. The van der Waals surface area contributed by atoms with Gasteiger partial charge in [-0.15, -0.1) is 0 Å². The topological polar surface area (TPSA) is 94.3 Å². The highest BCUT2D eigenvalue weighted by Crippen LogP contribution is 2.13. The number of nitrogens with two attached hydrogens (primary N) is 1. The van der Waals surface area contributed by atoms with Gasteiger partial charge in [-0.2, -0.15) is 4.98 Å². The average Bonchev–Trinajstić information content (AvgIpc) is 2.15. The van der Waals surface area contributed by atoms with Crippen molar-refractivity contribution in [3.05, 3.63) is 21.3 Å². The first kappa shape index (κ1) is 9.62. The Morgan fingerprint density at radius 3 is 3.00 bits per heavy atom. The standard InChI is InChI=1S/C6H7N3O3S/c1-12-5(11)3-2-4(10)8-6(9-7)13-3/h2H,7H2,1H3,(H,8,9,10). The number of anilines is 1. The Balaban J connectivity index is 3.16. The van der Waals surface area contributed by atoms with Gasteiger partial charge in [0.25, 0.3) is 5.56 Å². The lowest BCUT2D eigenvalue weighted by Crippen LogP contribution is -2.15. The summed E-state index contributed by atoms with van der Waals surface area (Å²) in [6.45, 7) is 0. The minimum atomic E-state index is -0.582. The molecule has 0 radical (unpaired) electrons. The van der Waals surface area contributed by atoms with E-state index in [9.17, 15) is 9.59 Å². The van der Waals surface area contributed by atoms with Crippen LogP contribution in [0.4, 0.5) is 5.13 Å². The molecule has 70 valence electrons. The predicted molar refractivity (Wildman–Crippen MR) is 47.5 cm³/mol. The second kappa shape index (κ2) is 3.97. The first-order chi connectivity index (χ1) is 6.17. The van der Waals surface area contributed by atoms with Crippen LogP contribution in [0.25, 0.3) is 0 Å². The third-order valence-corrected chi connectivity index (χ3v) is 2.09. The zero-order valence-corrected chi connectivity index (χ0v) is 7.55. The zero-order valence-electron chi connectivity index (χ0n) is 6.73. The third-order valence-electron chi connectivity index (χ3n) is 1.18. The van der Waals surface area contributed by atoms with E-state index in [0.717, 1.165) is 17.4 Å². The van der Waals surface area contributed by atoms with Crippen LogP contribution in [0.15, 0.2) is 10.9 Å². The number of nitrogens with one attached hydrogen (secondary N) is 1. The molecule has 0 aromatic carbocycles. The average molecular weight is 201 g/mol. The van der Waals surface area contributed by atoms with Crippen LogP contribution in [0, 0.1) is 0 Å². The molecule has 0 aliphatic carbocycles. The van der Waals surface area contributed by atoms with Crippen LogP contribution < -0.4 is 16.8 Å². The molecule has 0 aliphatic heterocycles. The van der Waals surface area contributed by atoms with Gasteiger partial charge in [-0.25, -0.2) is 10.6 Å². The number of methoxy groups -OCH3 is 1. The summed E-state index contributed by atoms with van der Waals surface area (Å²) in [5, 5.41) is 0.174. The lowest BCUT2D eigenvalue weighted by molar-refractivity contribution is 0.0606. The van der Waals surface area contributed by atoms with E-state index in [1.54, 1.807) is 0 Å². The van der Waals surface area contributed by atoms with E-state index in [0.29, 0.717) is 0 Å². The van der Waals surface area contributed by atoms with Gasteiger partial charge < -0.3 is 4.74 Å². The molecule has 0 unspecified atom stereocenters. The molecule has 1 aromatic heterocycles. The van der Waals surface area contributed by atoms with Gasteiger partial charge in [0.2, 0.25) is 5.13 Å². The summed E-state index contributed by atoms with van der Waals surface area (Å²) >= 11 is 0.948. The number of nitrogen functional groups attached to an aromatic ring is 1. The summed E-state index contributed by atoms with van der Waals surface area (Å²) in [5.41, 5.74) is 1.65. The Hall–Kier alpha value is -1.47. The quantitative estimate of drug-likeness (QED) is 0.383. The van der Waals surface area contributed by atoms with Crippen molar-refractivity contribution in [1.82, 2.24) is 4.98 Å². The lowest BCUT2D eigenvalue weighted by atomic mass is 10.5. The van der Waals surface area contributed by atoms with Crippen molar-refractivity contribution in [2.45, 2.75) is 0 Å². The first-order valence-electron chi connectivity index (χ1n) is 3.24. The number of hydrogen-bond acceptors (Lipinski definition) is 7. The van der Waals surface area contributed by atoms with Crippen LogP contribution in [0.2, 0.25) is 0 Å². The van der Waals surface area contributed by atoms with Gasteiger partial charge in [-0.1, -0.05) is 11.3 Å². The molecule has 7 heteroatoms. The highest BCUT2D eigenvalue weighted by atomic mass is 32.1. The number of nitrogens with zero attached hydrogens (tertiary/aromatic N) is 1. The first-order valence-corrected chi connectivity index (χ1v) is 4.06.